The number of carbonyl (C=O) groups excluding carboxylic acids is 1. The second-order valence-electron chi connectivity index (χ2n) is 11.4. The Morgan fingerprint density at radius 2 is 1.33 bits per heavy atom. The third-order valence-electron chi connectivity index (χ3n) is 8.83. The van der Waals surface area contributed by atoms with Gasteiger partial charge in [0.05, 0.1) is 32.7 Å². The Labute approximate surface area is 278 Å². The van der Waals surface area contributed by atoms with Crippen molar-refractivity contribution in [2.75, 3.05) is 36.4 Å². The van der Waals surface area contributed by atoms with Crippen LogP contribution in [-0.2, 0) is 5.41 Å². The fourth-order valence-electron chi connectivity index (χ4n) is 6.62. The first-order chi connectivity index (χ1) is 22.6. The van der Waals surface area contributed by atoms with Crippen LogP contribution in [-0.4, -0.2) is 47.0 Å². The predicted octanol–water partition coefficient (Wildman–Crippen LogP) is 8.27. The van der Waals surface area contributed by atoms with Gasteiger partial charge in [-0.05, 0) is 53.1 Å². The number of piperazine rings is 1. The van der Waals surface area contributed by atoms with Crippen molar-refractivity contribution in [1.82, 2.24) is 14.9 Å². The number of nitrogens with zero attached hydrogens (tertiary/aromatic N) is 3. The first-order valence-corrected chi connectivity index (χ1v) is 16.6. The van der Waals surface area contributed by atoms with E-state index in [1.807, 2.05) is 17.2 Å². The molecule has 0 aliphatic carbocycles. The summed E-state index contributed by atoms with van der Waals surface area (Å²) >= 11 is 7.40. The van der Waals surface area contributed by atoms with E-state index in [1.165, 1.54) is 28.0 Å². The molecule has 8 heteroatoms. The van der Waals surface area contributed by atoms with Gasteiger partial charge in [-0.1, -0.05) is 103 Å². The second kappa shape index (κ2) is 13.3. The highest BCUT2D eigenvalue weighted by Gasteiger charge is 2.45. The van der Waals surface area contributed by atoms with Crippen LogP contribution in [0.4, 0.5) is 11.4 Å². The van der Waals surface area contributed by atoms with Crippen LogP contribution in [0.5, 0.6) is 0 Å². The molecule has 0 radical (unpaired) electrons. The van der Waals surface area contributed by atoms with Crippen LogP contribution in [0.15, 0.2) is 140 Å². The Morgan fingerprint density at radius 1 is 0.761 bits per heavy atom. The first-order valence-electron chi connectivity index (χ1n) is 15.4. The van der Waals surface area contributed by atoms with Crippen LogP contribution < -0.4 is 10.2 Å². The number of hydrogen-bond acceptors (Lipinski definition) is 5. The van der Waals surface area contributed by atoms with Crippen molar-refractivity contribution in [1.29, 1.82) is 0 Å². The molecule has 2 N–H and O–H groups in total. The van der Waals surface area contributed by atoms with Gasteiger partial charge in [-0.15, -0.1) is 11.3 Å². The van der Waals surface area contributed by atoms with Crippen molar-refractivity contribution in [2.45, 2.75) is 11.5 Å². The molecule has 6 nitrogen and oxygen atoms in total. The van der Waals surface area contributed by atoms with Crippen LogP contribution in [0.1, 0.15) is 38.1 Å². The van der Waals surface area contributed by atoms with Gasteiger partial charge in [0.1, 0.15) is 0 Å². The summed E-state index contributed by atoms with van der Waals surface area (Å²) in [7, 11) is 0. The lowest BCUT2D eigenvalue weighted by Gasteiger charge is -2.43. The Morgan fingerprint density at radius 3 is 1.80 bits per heavy atom. The summed E-state index contributed by atoms with van der Waals surface area (Å²) < 4.78 is 0.638. The molecule has 1 aliphatic heterocycles. The number of hydrogen-bond donors (Lipinski definition) is 2. The molecule has 3 heterocycles. The summed E-state index contributed by atoms with van der Waals surface area (Å²) in [5, 5.41) is 3.93. The number of benzene rings is 4. The summed E-state index contributed by atoms with van der Waals surface area (Å²) in [6, 6.07) is 44.0. The highest BCUT2D eigenvalue weighted by Crippen LogP contribution is 2.49. The van der Waals surface area contributed by atoms with Crippen molar-refractivity contribution in [3.63, 3.8) is 0 Å². The topological polar surface area (TPSA) is 64.3 Å². The molecular formula is C38H34ClN5OS. The maximum Gasteiger partial charge on any atom is 0.264 e. The number of amides is 1. The summed E-state index contributed by atoms with van der Waals surface area (Å²) in [4.78, 5) is 25.9. The largest absolute Gasteiger partial charge is 0.375 e. The lowest BCUT2D eigenvalue weighted by Crippen LogP contribution is -2.48. The SMILES string of the molecule is O=C(c1ccc(Cl)s1)N1CCN(c2ccc(NC(c3c[nH]cn3)C(c3ccccc3)(c3ccccc3)c3ccccc3)cc2)CC1. The zero-order valence-electron chi connectivity index (χ0n) is 25.2. The Kier molecular flexibility index (Phi) is 8.59. The molecule has 1 aliphatic rings. The minimum atomic E-state index is -0.604. The Bertz CT molecular complexity index is 1760. The van der Waals surface area contributed by atoms with Gasteiger partial charge in [-0.2, -0.15) is 0 Å². The van der Waals surface area contributed by atoms with Crippen molar-refractivity contribution >= 4 is 40.2 Å². The van der Waals surface area contributed by atoms with Crippen LogP contribution >= 0.6 is 22.9 Å². The van der Waals surface area contributed by atoms with Crippen molar-refractivity contribution < 1.29 is 4.79 Å². The van der Waals surface area contributed by atoms with E-state index in [9.17, 15) is 4.79 Å². The quantitative estimate of drug-likeness (QED) is 0.156. The van der Waals surface area contributed by atoms with E-state index in [1.54, 1.807) is 12.4 Å². The highest BCUT2D eigenvalue weighted by atomic mass is 35.5. The molecule has 0 saturated carbocycles. The maximum atomic E-state index is 12.9. The molecule has 7 rings (SSSR count). The average molecular weight is 644 g/mol. The molecule has 1 amide bonds. The highest BCUT2D eigenvalue weighted by molar-refractivity contribution is 7.17. The molecule has 4 aromatic carbocycles. The monoisotopic (exact) mass is 643 g/mol. The van der Waals surface area contributed by atoms with Gasteiger partial charge >= 0.3 is 0 Å². The first kappa shape index (κ1) is 29.8. The van der Waals surface area contributed by atoms with Crippen molar-refractivity contribution in [3.8, 4) is 0 Å². The average Bonchev–Trinajstić information content (AvgIpc) is 3.82. The van der Waals surface area contributed by atoms with E-state index in [4.69, 9.17) is 16.6 Å². The standard InChI is InChI=1S/C38H34ClN5OS/c39-35-21-20-34(46-35)37(45)44-24-22-43(23-25-44)32-18-16-31(17-19-32)42-36(33-26-40-27-41-33)38(28-10-4-1-5-11-28,29-12-6-2-7-13-29)30-14-8-3-9-15-30/h1-21,26-27,36,42H,22-25H2,(H,40,41). The number of nitrogens with one attached hydrogen (secondary N) is 2. The number of carbonyl (C=O) groups is 1. The summed E-state index contributed by atoms with van der Waals surface area (Å²) in [5.74, 6) is 0.0548. The van der Waals surface area contributed by atoms with Gasteiger partial charge in [0, 0.05) is 43.8 Å². The summed E-state index contributed by atoms with van der Waals surface area (Å²) in [5.41, 5.74) is 5.94. The van der Waals surface area contributed by atoms with E-state index < -0.39 is 5.41 Å². The van der Waals surface area contributed by atoms with Gasteiger partial charge in [-0.3, -0.25) is 4.79 Å². The fourth-order valence-corrected chi connectivity index (χ4v) is 7.64. The Balaban J connectivity index is 1.21. The van der Waals surface area contributed by atoms with E-state index in [0.717, 1.165) is 30.2 Å². The molecule has 1 fully saturated rings. The molecule has 1 unspecified atom stereocenters. The molecule has 1 atom stereocenters. The number of aromatic amines is 1. The van der Waals surface area contributed by atoms with Gasteiger partial charge in [0.15, 0.2) is 0 Å². The third kappa shape index (κ3) is 5.80. The third-order valence-corrected chi connectivity index (χ3v) is 10.0. The van der Waals surface area contributed by atoms with Crippen molar-refractivity contribution in [2.24, 2.45) is 0 Å². The number of anilines is 2. The van der Waals surface area contributed by atoms with E-state index >= 15 is 0 Å². The van der Waals surface area contributed by atoms with Crippen LogP contribution in [0.2, 0.25) is 4.34 Å². The molecule has 2 aromatic heterocycles. The number of thiophene rings is 1. The smallest absolute Gasteiger partial charge is 0.264 e. The number of imidazole rings is 1. The van der Waals surface area contributed by atoms with Crippen LogP contribution in [0.25, 0.3) is 0 Å². The lowest BCUT2D eigenvalue weighted by atomic mass is 9.63. The van der Waals surface area contributed by atoms with E-state index in [2.05, 4.69) is 130 Å². The van der Waals surface area contributed by atoms with Gasteiger partial charge in [0.25, 0.3) is 5.91 Å². The molecule has 0 spiro atoms. The fraction of sp³-hybridized carbons (Fsp3) is 0.158. The minimum Gasteiger partial charge on any atom is -0.375 e. The number of H-pyrrole nitrogens is 1. The summed E-state index contributed by atoms with van der Waals surface area (Å²) in [6.45, 7) is 2.88. The van der Waals surface area contributed by atoms with Crippen LogP contribution in [0.3, 0.4) is 0 Å². The van der Waals surface area contributed by atoms with Gasteiger partial charge in [0.2, 0.25) is 0 Å². The lowest BCUT2D eigenvalue weighted by molar-refractivity contribution is 0.0751. The zero-order valence-corrected chi connectivity index (χ0v) is 26.8. The summed E-state index contributed by atoms with van der Waals surface area (Å²) in [6.07, 6.45) is 3.73. The molecule has 1 saturated heterocycles. The molecular weight excluding hydrogens is 610 g/mol. The minimum absolute atomic E-state index is 0.0548. The van der Waals surface area contributed by atoms with Crippen molar-refractivity contribution in [3.05, 3.63) is 172 Å². The molecule has 6 aromatic rings. The number of halogens is 1. The van der Waals surface area contributed by atoms with E-state index in [0.29, 0.717) is 22.3 Å². The normalized spacial score (nSPS) is 14.2. The number of aromatic nitrogens is 2. The van der Waals surface area contributed by atoms with Gasteiger partial charge < -0.3 is 20.1 Å². The molecule has 230 valence electrons. The molecule has 46 heavy (non-hydrogen) atoms. The zero-order chi connectivity index (χ0) is 31.3. The Hall–Kier alpha value is -4.85. The number of rotatable bonds is 9. The van der Waals surface area contributed by atoms with E-state index in [-0.39, 0.29) is 11.9 Å². The molecule has 0 bridgehead atoms. The van der Waals surface area contributed by atoms with Gasteiger partial charge in [-0.25, -0.2) is 4.98 Å². The second-order valence-corrected chi connectivity index (χ2v) is 13.1. The van der Waals surface area contributed by atoms with Crippen LogP contribution in [0, 0.1) is 0 Å². The maximum absolute atomic E-state index is 12.9. The predicted molar refractivity (Wildman–Crippen MR) is 188 cm³/mol.